The lowest BCUT2D eigenvalue weighted by molar-refractivity contribution is -0.929. The Bertz CT molecular complexity index is 429. The van der Waals surface area contributed by atoms with Crippen LogP contribution in [-0.2, 0) is 4.79 Å². The van der Waals surface area contributed by atoms with Crippen LogP contribution in [0.2, 0.25) is 0 Å². The molecule has 0 saturated heterocycles. The highest BCUT2D eigenvalue weighted by Crippen LogP contribution is 2.18. The minimum atomic E-state index is -0.899. The largest absolute Gasteiger partial charge is 0.550 e. The van der Waals surface area contributed by atoms with E-state index in [2.05, 4.69) is 20.8 Å². The highest BCUT2D eigenvalue weighted by molar-refractivity contribution is 5.64. The van der Waals surface area contributed by atoms with Crippen LogP contribution in [0.4, 0.5) is 0 Å². The van der Waals surface area contributed by atoms with Gasteiger partial charge in [0.1, 0.15) is 0 Å². The van der Waals surface area contributed by atoms with Gasteiger partial charge in [0.15, 0.2) is 0 Å². The summed E-state index contributed by atoms with van der Waals surface area (Å²) in [6.45, 7) is 12.8. The lowest BCUT2D eigenvalue weighted by Gasteiger charge is -2.39. The van der Waals surface area contributed by atoms with Crippen molar-refractivity contribution in [2.75, 3.05) is 26.2 Å². The van der Waals surface area contributed by atoms with E-state index >= 15 is 0 Å². The number of carboxylic acids is 1. The van der Waals surface area contributed by atoms with Crippen molar-refractivity contribution in [2.45, 2.75) is 181 Å². The molecule has 0 rings (SSSR count). The Morgan fingerprint density at radius 1 is 0.417 bits per heavy atom. The predicted molar refractivity (Wildman–Crippen MR) is 157 cm³/mol. The maximum atomic E-state index is 10.4. The van der Waals surface area contributed by atoms with E-state index in [1.807, 2.05) is 0 Å². The van der Waals surface area contributed by atoms with E-state index < -0.39 is 5.97 Å². The van der Waals surface area contributed by atoms with E-state index in [0.717, 1.165) is 12.8 Å². The maximum absolute atomic E-state index is 10.4. The zero-order chi connectivity index (χ0) is 26.6. The Morgan fingerprint density at radius 2 is 0.667 bits per heavy atom. The molecule has 3 heteroatoms. The first kappa shape index (κ1) is 35.4. The van der Waals surface area contributed by atoms with Crippen LogP contribution < -0.4 is 5.11 Å². The van der Waals surface area contributed by atoms with Crippen molar-refractivity contribution in [3.05, 3.63) is 0 Å². The summed E-state index contributed by atoms with van der Waals surface area (Å²) >= 11 is 0. The molecule has 0 fully saturated rings. The molecule has 0 aromatic rings. The van der Waals surface area contributed by atoms with Crippen LogP contribution in [0.15, 0.2) is 0 Å². The molecule has 0 aliphatic rings. The average Bonchev–Trinajstić information content (AvgIpc) is 2.87. The van der Waals surface area contributed by atoms with Crippen molar-refractivity contribution in [1.29, 1.82) is 0 Å². The number of hydrogen-bond acceptors (Lipinski definition) is 2. The van der Waals surface area contributed by atoms with Crippen LogP contribution >= 0.6 is 0 Å². The molecule has 0 spiro atoms. The summed E-state index contributed by atoms with van der Waals surface area (Å²) in [5.41, 5.74) is 0. The second-order valence-electron chi connectivity index (χ2n) is 11.8. The SMILES string of the molecule is CCCC[N+](CCCC)(CCCC)CCCCCCCCCCCCCCCCCCCCC(=O)[O-]. The normalized spacial score (nSPS) is 11.9. The van der Waals surface area contributed by atoms with Gasteiger partial charge in [-0.3, -0.25) is 0 Å². The second-order valence-corrected chi connectivity index (χ2v) is 11.8. The summed E-state index contributed by atoms with van der Waals surface area (Å²) in [6.07, 6.45) is 32.6. The summed E-state index contributed by atoms with van der Waals surface area (Å²) in [4.78, 5) is 10.4. The highest BCUT2D eigenvalue weighted by atomic mass is 16.4. The maximum Gasteiger partial charge on any atom is 0.0786 e. The van der Waals surface area contributed by atoms with E-state index in [9.17, 15) is 9.90 Å². The fraction of sp³-hybridized carbons (Fsp3) is 0.970. The van der Waals surface area contributed by atoms with Gasteiger partial charge in [0.25, 0.3) is 0 Å². The van der Waals surface area contributed by atoms with Crippen molar-refractivity contribution in [2.24, 2.45) is 0 Å². The number of quaternary nitrogens is 1. The van der Waals surface area contributed by atoms with Crippen molar-refractivity contribution in [3.8, 4) is 0 Å². The number of rotatable bonds is 30. The van der Waals surface area contributed by atoms with Gasteiger partial charge in [0.2, 0.25) is 0 Å². The average molecular weight is 510 g/mol. The van der Waals surface area contributed by atoms with E-state index in [1.165, 1.54) is 172 Å². The molecule has 0 aromatic carbocycles. The minimum Gasteiger partial charge on any atom is -0.550 e. The van der Waals surface area contributed by atoms with Gasteiger partial charge >= 0.3 is 0 Å². The molecule has 0 bridgehead atoms. The fourth-order valence-electron chi connectivity index (χ4n) is 5.70. The molecule has 36 heavy (non-hydrogen) atoms. The lowest BCUT2D eigenvalue weighted by atomic mass is 10.0. The van der Waals surface area contributed by atoms with Gasteiger partial charge in [0, 0.05) is 5.97 Å². The number of hydrogen-bond donors (Lipinski definition) is 0. The smallest absolute Gasteiger partial charge is 0.0786 e. The lowest BCUT2D eigenvalue weighted by Crippen LogP contribution is -2.50. The molecule has 216 valence electrons. The van der Waals surface area contributed by atoms with Gasteiger partial charge in [-0.05, 0) is 44.9 Å². The monoisotopic (exact) mass is 510 g/mol. The van der Waals surface area contributed by atoms with Crippen molar-refractivity contribution < 1.29 is 14.4 Å². The van der Waals surface area contributed by atoms with Crippen LogP contribution in [0.25, 0.3) is 0 Å². The third-order valence-corrected chi connectivity index (χ3v) is 8.22. The van der Waals surface area contributed by atoms with Gasteiger partial charge in [-0.15, -0.1) is 0 Å². The fourth-order valence-corrected chi connectivity index (χ4v) is 5.70. The molecule has 0 unspecified atom stereocenters. The first-order chi connectivity index (χ1) is 17.6. The zero-order valence-corrected chi connectivity index (χ0v) is 25.3. The summed E-state index contributed by atoms with van der Waals surface area (Å²) in [5.74, 6) is -0.899. The molecule has 0 atom stereocenters. The molecule has 3 nitrogen and oxygen atoms in total. The molecule has 0 N–H and O–H groups in total. The highest BCUT2D eigenvalue weighted by Gasteiger charge is 2.24. The third kappa shape index (κ3) is 23.8. The van der Waals surface area contributed by atoms with Crippen LogP contribution in [0.1, 0.15) is 181 Å². The van der Waals surface area contributed by atoms with E-state index in [1.54, 1.807) is 0 Å². The number of carbonyl (C=O) groups excluding carboxylic acids is 1. The molecular weight excluding hydrogens is 442 g/mol. The van der Waals surface area contributed by atoms with Gasteiger partial charge in [0.05, 0.1) is 26.2 Å². The Balaban J connectivity index is 3.56. The summed E-state index contributed by atoms with van der Waals surface area (Å²) < 4.78 is 1.42. The molecule has 0 saturated carbocycles. The van der Waals surface area contributed by atoms with Gasteiger partial charge < -0.3 is 14.4 Å². The van der Waals surface area contributed by atoms with Gasteiger partial charge in [-0.25, -0.2) is 0 Å². The minimum absolute atomic E-state index is 0.234. The standard InChI is InChI=1S/C33H67NO2/c1-4-7-29-34(30-8-5-2,31-9-6-3)32-27-25-23-21-19-17-15-13-11-10-12-14-16-18-20-22-24-26-28-33(35)36/h4-32H2,1-3H3. The Kier molecular flexibility index (Phi) is 27.0. The Morgan fingerprint density at radius 3 is 0.944 bits per heavy atom. The number of carboxylic acid groups (broad SMARTS) is 1. The van der Waals surface area contributed by atoms with Crippen molar-refractivity contribution in [1.82, 2.24) is 0 Å². The quantitative estimate of drug-likeness (QED) is 0.0714. The molecule has 0 amide bonds. The molecule has 0 aliphatic heterocycles. The van der Waals surface area contributed by atoms with Crippen molar-refractivity contribution >= 4 is 5.97 Å². The molecule has 0 aliphatic carbocycles. The first-order valence-electron chi connectivity index (χ1n) is 16.6. The summed E-state index contributed by atoms with van der Waals surface area (Å²) in [5, 5.41) is 10.4. The van der Waals surface area contributed by atoms with Crippen LogP contribution in [0.5, 0.6) is 0 Å². The predicted octanol–water partition coefficient (Wildman–Crippen LogP) is 9.37. The molecular formula is C33H67NO2. The molecule has 0 radical (unpaired) electrons. The number of aliphatic carboxylic acids is 1. The number of nitrogens with zero attached hydrogens (tertiary/aromatic N) is 1. The summed E-state index contributed by atoms with van der Waals surface area (Å²) in [7, 11) is 0. The van der Waals surface area contributed by atoms with Crippen LogP contribution in [0, 0.1) is 0 Å². The van der Waals surface area contributed by atoms with Crippen LogP contribution in [-0.4, -0.2) is 36.6 Å². The topological polar surface area (TPSA) is 40.1 Å². The van der Waals surface area contributed by atoms with Crippen LogP contribution in [0.3, 0.4) is 0 Å². The molecule has 0 aromatic heterocycles. The Labute approximate surface area is 227 Å². The van der Waals surface area contributed by atoms with E-state index in [-0.39, 0.29) is 6.42 Å². The number of carbonyl (C=O) groups is 1. The number of unbranched alkanes of at least 4 members (excludes halogenated alkanes) is 20. The zero-order valence-electron chi connectivity index (χ0n) is 25.3. The van der Waals surface area contributed by atoms with E-state index in [0.29, 0.717) is 0 Å². The molecule has 0 heterocycles. The third-order valence-electron chi connectivity index (χ3n) is 8.22. The van der Waals surface area contributed by atoms with Gasteiger partial charge in [-0.1, -0.05) is 136 Å². The van der Waals surface area contributed by atoms with Gasteiger partial charge in [-0.2, -0.15) is 0 Å². The van der Waals surface area contributed by atoms with E-state index in [4.69, 9.17) is 0 Å². The van der Waals surface area contributed by atoms with Crippen molar-refractivity contribution in [3.63, 3.8) is 0 Å². The summed E-state index contributed by atoms with van der Waals surface area (Å²) in [6, 6.07) is 0. The Hall–Kier alpha value is -0.570. The first-order valence-corrected chi connectivity index (χ1v) is 16.6. The second kappa shape index (κ2) is 27.5.